The molecule has 0 aromatic heterocycles. The smallest absolute Gasteiger partial charge is 0.294 e. The van der Waals surface area contributed by atoms with E-state index in [0.717, 1.165) is 6.07 Å². The lowest BCUT2D eigenvalue weighted by molar-refractivity contribution is -0.127. The molecular formula is C23H19F3N2O5S. The van der Waals surface area contributed by atoms with Crippen molar-refractivity contribution >= 4 is 40.6 Å². The van der Waals surface area contributed by atoms with E-state index in [9.17, 15) is 27.6 Å². The summed E-state index contributed by atoms with van der Waals surface area (Å²) in [5.74, 6) is -5.54. The number of benzene rings is 2. The molecule has 2 aromatic carbocycles. The summed E-state index contributed by atoms with van der Waals surface area (Å²) in [7, 11) is 0. The highest BCUT2D eigenvalue weighted by Crippen LogP contribution is 2.34. The number of hydrogen-bond donors (Lipinski definition) is 1. The Labute approximate surface area is 197 Å². The zero-order chi connectivity index (χ0) is 24.8. The number of imide groups is 1. The maximum absolute atomic E-state index is 13.8. The Bertz CT molecular complexity index is 1190. The van der Waals surface area contributed by atoms with E-state index in [2.05, 4.69) is 6.58 Å². The molecule has 3 rings (SSSR count). The summed E-state index contributed by atoms with van der Waals surface area (Å²) >= 11 is 0.619. The molecule has 0 bridgehead atoms. The summed E-state index contributed by atoms with van der Waals surface area (Å²) in [6.07, 6.45) is 3.04. The Morgan fingerprint density at radius 2 is 1.88 bits per heavy atom. The van der Waals surface area contributed by atoms with Crippen LogP contribution in [0, 0.1) is 17.5 Å². The number of carbonyl (C=O) groups excluding carboxylic acids is 3. The van der Waals surface area contributed by atoms with Crippen LogP contribution in [0.4, 0.5) is 23.7 Å². The number of hydrogen-bond acceptors (Lipinski definition) is 6. The van der Waals surface area contributed by atoms with Gasteiger partial charge in [-0.1, -0.05) is 18.7 Å². The second-order valence-electron chi connectivity index (χ2n) is 6.78. The Hall–Kier alpha value is -3.73. The van der Waals surface area contributed by atoms with Gasteiger partial charge in [0.2, 0.25) is 5.91 Å². The van der Waals surface area contributed by atoms with Crippen molar-refractivity contribution in [3.05, 3.63) is 70.9 Å². The van der Waals surface area contributed by atoms with E-state index in [4.69, 9.17) is 9.47 Å². The van der Waals surface area contributed by atoms with Gasteiger partial charge in [0.15, 0.2) is 29.0 Å². The molecule has 178 valence electrons. The standard InChI is InChI=1S/C23H19F3N2O5S/c1-3-9-33-16-8-5-13(10-17(16)32-4-2)11-18-22(30)28(23(31)34-18)12-19(29)27-15-7-6-14(24)20(25)21(15)26/h3,5-8,10-11H,1,4,9,12H2,2H3,(H,27,29)/b18-11+. The van der Waals surface area contributed by atoms with Crippen molar-refractivity contribution in [1.82, 2.24) is 4.90 Å². The molecule has 0 spiro atoms. The molecule has 0 atom stereocenters. The topological polar surface area (TPSA) is 84.9 Å². The third-order valence-corrected chi connectivity index (χ3v) is 5.31. The van der Waals surface area contributed by atoms with Crippen molar-refractivity contribution in [2.24, 2.45) is 0 Å². The van der Waals surface area contributed by atoms with Crippen LogP contribution >= 0.6 is 11.8 Å². The number of halogens is 3. The molecule has 11 heteroatoms. The molecule has 1 fully saturated rings. The number of ether oxygens (including phenoxy) is 2. The maximum atomic E-state index is 13.8. The quantitative estimate of drug-likeness (QED) is 0.309. The second kappa shape index (κ2) is 10.9. The van der Waals surface area contributed by atoms with E-state index in [-0.39, 0.29) is 11.5 Å². The number of anilines is 1. The van der Waals surface area contributed by atoms with Crippen LogP contribution in [0.25, 0.3) is 6.08 Å². The first-order valence-corrected chi connectivity index (χ1v) is 10.8. The molecule has 34 heavy (non-hydrogen) atoms. The van der Waals surface area contributed by atoms with Gasteiger partial charge in [-0.3, -0.25) is 19.3 Å². The highest BCUT2D eigenvalue weighted by Gasteiger charge is 2.36. The molecule has 1 aliphatic rings. The molecule has 0 aliphatic carbocycles. The van der Waals surface area contributed by atoms with Gasteiger partial charge in [-0.15, -0.1) is 0 Å². The van der Waals surface area contributed by atoms with E-state index in [1.165, 1.54) is 6.08 Å². The minimum Gasteiger partial charge on any atom is -0.490 e. The van der Waals surface area contributed by atoms with Crippen LogP contribution < -0.4 is 14.8 Å². The van der Waals surface area contributed by atoms with Crippen LogP contribution in [0.5, 0.6) is 11.5 Å². The Morgan fingerprint density at radius 3 is 2.59 bits per heavy atom. The summed E-state index contributed by atoms with van der Waals surface area (Å²) in [5, 5.41) is 1.31. The van der Waals surface area contributed by atoms with E-state index in [1.54, 1.807) is 31.2 Å². The summed E-state index contributed by atoms with van der Waals surface area (Å²) in [6, 6.07) is 6.41. The fourth-order valence-corrected chi connectivity index (χ4v) is 3.73. The lowest BCUT2D eigenvalue weighted by atomic mass is 10.2. The van der Waals surface area contributed by atoms with Gasteiger partial charge in [-0.25, -0.2) is 13.2 Å². The second-order valence-corrected chi connectivity index (χ2v) is 7.77. The molecule has 1 aliphatic heterocycles. The lowest BCUT2D eigenvalue weighted by Crippen LogP contribution is -2.36. The minimum absolute atomic E-state index is 0.0546. The average molecular weight is 492 g/mol. The first kappa shape index (κ1) is 24.9. The summed E-state index contributed by atoms with van der Waals surface area (Å²) in [6.45, 7) is 5.29. The molecule has 3 amide bonds. The molecule has 7 nitrogen and oxygen atoms in total. The fraction of sp³-hybridized carbons (Fsp3) is 0.174. The summed E-state index contributed by atoms with van der Waals surface area (Å²) in [4.78, 5) is 37.9. The van der Waals surface area contributed by atoms with E-state index >= 15 is 0 Å². The van der Waals surface area contributed by atoms with E-state index in [0.29, 0.717) is 46.4 Å². The molecular weight excluding hydrogens is 473 g/mol. The van der Waals surface area contributed by atoms with Gasteiger partial charge in [0.05, 0.1) is 17.2 Å². The van der Waals surface area contributed by atoms with Crippen molar-refractivity contribution in [2.45, 2.75) is 6.92 Å². The Balaban J connectivity index is 1.74. The minimum atomic E-state index is -1.75. The number of thioether (sulfide) groups is 1. The Morgan fingerprint density at radius 1 is 1.12 bits per heavy atom. The lowest BCUT2D eigenvalue weighted by Gasteiger charge is -2.13. The molecule has 1 N–H and O–H groups in total. The molecule has 0 radical (unpaired) electrons. The molecule has 1 saturated heterocycles. The van der Waals surface area contributed by atoms with Crippen LogP contribution in [0.1, 0.15) is 12.5 Å². The van der Waals surface area contributed by atoms with Gasteiger partial charge in [0.25, 0.3) is 11.1 Å². The van der Waals surface area contributed by atoms with Gasteiger partial charge in [-0.05, 0) is 54.6 Å². The van der Waals surface area contributed by atoms with Gasteiger partial charge >= 0.3 is 0 Å². The normalized spacial score (nSPS) is 14.5. The SMILES string of the molecule is C=CCOc1ccc(/C=C2/SC(=O)N(CC(=O)Nc3ccc(F)c(F)c3F)C2=O)cc1OCC. The molecule has 1 heterocycles. The van der Waals surface area contributed by atoms with Crippen LogP contribution in [-0.4, -0.2) is 41.7 Å². The number of rotatable bonds is 9. The van der Waals surface area contributed by atoms with Gasteiger partial charge in [0, 0.05) is 0 Å². The highest BCUT2D eigenvalue weighted by atomic mass is 32.2. The Kier molecular flexibility index (Phi) is 8.00. The largest absolute Gasteiger partial charge is 0.490 e. The third kappa shape index (κ3) is 5.60. The van der Waals surface area contributed by atoms with Crippen LogP contribution in [0.3, 0.4) is 0 Å². The molecule has 0 unspecified atom stereocenters. The zero-order valence-corrected chi connectivity index (χ0v) is 18.7. The first-order valence-electron chi connectivity index (χ1n) is 9.94. The maximum Gasteiger partial charge on any atom is 0.294 e. The molecule has 2 aromatic rings. The van der Waals surface area contributed by atoms with Crippen LogP contribution in [-0.2, 0) is 9.59 Å². The van der Waals surface area contributed by atoms with Gasteiger partial charge in [-0.2, -0.15) is 0 Å². The third-order valence-electron chi connectivity index (χ3n) is 4.41. The van der Waals surface area contributed by atoms with Crippen molar-refractivity contribution in [1.29, 1.82) is 0 Å². The first-order chi connectivity index (χ1) is 16.2. The van der Waals surface area contributed by atoms with Gasteiger partial charge < -0.3 is 14.8 Å². The van der Waals surface area contributed by atoms with E-state index < -0.39 is 46.7 Å². The zero-order valence-electron chi connectivity index (χ0n) is 17.9. The monoisotopic (exact) mass is 492 g/mol. The van der Waals surface area contributed by atoms with Crippen molar-refractivity contribution in [3.63, 3.8) is 0 Å². The fourth-order valence-electron chi connectivity index (χ4n) is 2.89. The highest BCUT2D eigenvalue weighted by molar-refractivity contribution is 8.18. The predicted octanol–water partition coefficient (Wildman–Crippen LogP) is 4.74. The van der Waals surface area contributed by atoms with Crippen molar-refractivity contribution in [3.8, 4) is 11.5 Å². The predicted molar refractivity (Wildman–Crippen MR) is 121 cm³/mol. The number of nitrogens with one attached hydrogen (secondary N) is 1. The van der Waals surface area contributed by atoms with Crippen molar-refractivity contribution in [2.75, 3.05) is 25.1 Å². The number of carbonyl (C=O) groups is 3. The van der Waals surface area contributed by atoms with E-state index in [1.807, 2.05) is 5.32 Å². The van der Waals surface area contributed by atoms with Crippen LogP contribution in [0.2, 0.25) is 0 Å². The van der Waals surface area contributed by atoms with Crippen molar-refractivity contribution < 1.29 is 37.0 Å². The van der Waals surface area contributed by atoms with Gasteiger partial charge in [0.1, 0.15) is 13.2 Å². The number of amides is 3. The molecule has 0 saturated carbocycles. The summed E-state index contributed by atoms with van der Waals surface area (Å²) in [5.41, 5.74) is -0.0677. The summed E-state index contributed by atoms with van der Waals surface area (Å²) < 4.78 is 51.2. The van der Waals surface area contributed by atoms with Crippen LogP contribution in [0.15, 0.2) is 47.9 Å². The average Bonchev–Trinajstić information content (AvgIpc) is 3.06. The number of nitrogens with zero attached hydrogens (tertiary/aromatic N) is 1.